The number of morpholine rings is 1. The Morgan fingerprint density at radius 3 is 2.89 bits per heavy atom. The van der Waals surface area contributed by atoms with Crippen LogP contribution in [0.15, 0.2) is 6.07 Å². The van der Waals surface area contributed by atoms with Crippen LogP contribution in [0.5, 0.6) is 0 Å². The molecule has 0 spiro atoms. The highest BCUT2D eigenvalue weighted by atomic mass is 16.5. The summed E-state index contributed by atoms with van der Waals surface area (Å²) in [6.07, 6.45) is 0.227. The van der Waals surface area contributed by atoms with Gasteiger partial charge in [-0.3, -0.25) is 0 Å². The molecule has 100 valence electrons. The maximum Gasteiger partial charge on any atom is 0.145 e. The van der Waals surface area contributed by atoms with E-state index in [2.05, 4.69) is 41.1 Å². The van der Waals surface area contributed by atoms with Crippen LogP contribution in [0.4, 0.5) is 11.6 Å². The van der Waals surface area contributed by atoms with Crippen molar-refractivity contribution in [3.05, 3.63) is 11.9 Å². The molecule has 1 fully saturated rings. The predicted molar refractivity (Wildman–Crippen MR) is 71.6 cm³/mol. The molecule has 0 amide bonds. The zero-order chi connectivity index (χ0) is 13.1. The van der Waals surface area contributed by atoms with Gasteiger partial charge in [-0.2, -0.15) is 0 Å². The third-order valence-electron chi connectivity index (χ3n) is 2.96. The molecule has 0 aliphatic carbocycles. The van der Waals surface area contributed by atoms with E-state index in [4.69, 9.17) is 10.6 Å². The first-order valence-corrected chi connectivity index (χ1v) is 6.32. The maximum absolute atomic E-state index is 5.54. The van der Waals surface area contributed by atoms with Crippen molar-refractivity contribution in [1.82, 2.24) is 9.97 Å². The van der Waals surface area contributed by atoms with Crippen LogP contribution in [0.25, 0.3) is 0 Å². The molecule has 2 rings (SSSR count). The number of hydrogen-bond acceptors (Lipinski definition) is 6. The van der Waals surface area contributed by atoms with Gasteiger partial charge in [0, 0.05) is 25.1 Å². The number of nitrogen functional groups attached to an aromatic ring is 1. The first-order valence-electron chi connectivity index (χ1n) is 6.32. The first kappa shape index (κ1) is 13.0. The summed E-state index contributed by atoms with van der Waals surface area (Å²) in [4.78, 5) is 11.2. The van der Waals surface area contributed by atoms with Gasteiger partial charge in [-0.25, -0.2) is 15.8 Å². The van der Waals surface area contributed by atoms with Crippen LogP contribution in [0, 0.1) is 0 Å². The van der Waals surface area contributed by atoms with Crippen LogP contribution >= 0.6 is 0 Å². The lowest BCUT2D eigenvalue weighted by molar-refractivity contribution is 0.0529. The molecule has 18 heavy (non-hydrogen) atoms. The summed E-state index contributed by atoms with van der Waals surface area (Å²) in [6.45, 7) is 8.64. The molecule has 1 aromatic rings. The molecule has 0 saturated carbocycles. The summed E-state index contributed by atoms with van der Waals surface area (Å²) in [7, 11) is 0. The highest BCUT2D eigenvalue weighted by Gasteiger charge is 2.19. The van der Waals surface area contributed by atoms with Crippen LogP contribution in [0.2, 0.25) is 0 Å². The van der Waals surface area contributed by atoms with Crippen molar-refractivity contribution in [2.75, 3.05) is 30.0 Å². The normalized spacial score (nSPS) is 20.3. The van der Waals surface area contributed by atoms with Crippen LogP contribution in [-0.4, -0.2) is 35.8 Å². The summed E-state index contributed by atoms with van der Waals surface area (Å²) < 4.78 is 5.54. The standard InChI is InChI=1S/C12H21N5O/c1-8(2)12-14-10(16-13)6-11(15-12)17-4-5-18-9(3)7-17/h6,8-9H,4-5,7,13H2,1-3H3,(H,14,15,16). The molecule has 2 heterocycles. The van der Waals surface area contributed by atoms with E-state index in [-0.39, 0.29) is 12.0 Å². The van der Waals surface area contributed by atoms with Gasteiger partial charge in [0.15, 0.2) is 0 Å². The number of anilines is 2. The van der Waals surface area contributed by atoms with Crippen molar-refractivity contribution in [2.24, 2.45) is 5.84 Å². The Kier molecular flexibility index (Phi) is 3.98. The molecule has 6 nitrogen and oxygen atoms in total. The highest BCUT2D eigenvalue weighted by Crippen LogP contribution is 2.21. The zero-order valence-electron chi connectivity index (χ0n) is 11.2. The van der Waals surface area contributed by atoms with Gasteiger partial charge >= 0.3 is 0 Å². The quantitative estimate of drug-likeness (QED) is 0.619. The Morgan fingerprint density at radius 1 is 1.50 bits per heavy atom. The van der Waals surface area contributed by atoms with E-state index < -0.39 is 0 Å². The Bertz CT molecular complexity index is 409. The van der Waals surface area contributed by atoms with Gasteiger partial charge in [-0.1, -0.05) is 13.8 Å². The van der Waals surface area contributed by atoms with Crippen LogP contribution < -0.4 is 16.2 Å². The van der Waals surface area contributed by atoms with Gasteiger partial charge in [0.05, 0.1) is 12.7 Å². The van der Waals surface area contributed by atoms with E-state index in [1.165, 1.54) is 0 Å². The largest absolute Gasteiger partial charge is 0.375 e. The number of nitrogens with zero attached hydrogens (tertiary/aromatic N) is 3. The van der Waals surface area contributed by atoms with Gasteiger partial charge in [0.2, 0.25) is 0 Å². The van der Waals surface area contributed by atoms with Gasteiger partial charge in [0.1, 0.15) is 17.5 Å². The number of ether oxygens (including phenoxy) is 1. The third-order valence-corrected chi connectivity index (χ3v) is 2.96. The number of rotatable bonds is 3. The summed E-state index contributed by atoms with van der Waals surface area (Å²) in [5.74, 6) is 8.11. The third kappa shape index (κ3) is 2.88. The number of hydrogen-bond donors (Lipinski definition) is 2. The smallest absolute Gasteiger partial charge is 0.145 e. The molecule has 1 aliphatic heterocycles. The second kappa shape index (κ2) is 5.49. The SMILES string of the molecule is CC1CN(c2cc(NN)nc(C(C)C)n2)CCO1. The molecule has 1 aliphatic rings. The molecule has 1 unspecified atom stereocenters. The maximum atomic E-state index is 5.54. The Morgan fingerprint density at radius 2 is 2.28 bits per heavy atom. The average Bonchev–Trinajstić information content (AvgIpc) is 2.38. The van der Waals surface area contributed by atoms with Crippen molar-refractivity contribution in [3.8, 4) is 0 Å². The molecule has 3 N–H and O–H groups in total. The lowest BCUT2D eigenvalue weighted by atomic mass is 10.2. The summed E-state index contributed by atoms with van der Waals surface area (Å²) in [6, 6.07) is 1.88. The summed E-state index contributed by atoms with van der Waals surface area (Å²) in [5.41, 5.74) is 2.60. The Labute approximate surface area is 108 Å². The molecular weight excluding hydrogens is 230 g/mol. The summed E-state index contributed by atoms with van der Waals surface area (Å²) in [5, 5.41) is 0. The second-order valence-electron chi connectivity index (χ2n) is 4.90. The van der Waals surface area contributed by atoms with Crippen molar-refractivity contribution >= 4 is 11.6 Å². The van der Waals surface area contributed by atoms with Crippen molar-refractivity contribution < 1.29 is 4.74 Å². The number of aromatic nitrogens is 2. The number of nitrogens with two attached hydrogens (primary N) is 1. The van der Waals surface area contributed by atoms with E-state index in [1.807, 2.05) is 6.07 Å². The van der Waals surface area contributed by atoms with Crippen LogP contribution in [0.3, 0.4) is 0 Å². The van der Waals surface area contributed by atoms with Crippen LogP contribution in [-0.2, 0) is 4.74 Å². The highest BCUT2D eigenvalue weighted by molar-refractivity contribution is 5.49. The van der Waals surface area contributed by atoms with Gasteiger partial charge < -0.3 is 15.1 Å². The molecule has 0 aromatic carbocycles. The molecule has 0 radical (unpaired) electrons. The van der Waals surface area contributed by atoms with Crippen molar-refractivity contribution in [2.45, 2.75) is 32.8 Å². The van der Waals surface area contributed by atoms with Crippen molar-refractivity contribution in [1.29, 1.82) is 0 Å². The van der Waals surface area contributed by atoms with Gasteiger partial charge in [-0.05, 0) is 6.92 Å². The zero-order valence-corrected chi connectivity index (χ0v) is 11.2. The van der Waals surface area contributed by atoms with E-state index in [9.17, 15) is 0 Å². The average molecular weight is 251 g/mol. The fraction of sp³-hybridized carbons (Fsp3) is 0.667. The fourth-order valence-electron chi connectivity index (χ4n) is 1.97. The molecule has 1 saturated heterocycles. The minimum Gasteiger partial charge on any atom is -0.375 e. The Hall–Kier alpha value is -1.40. The molecule has 6 heteroatoms. The molecular formula is C12H21N5O. The number of hydrazine groups is 1. The fourth-order valence-corrected chi connectivity index (χ4v) is 1.97. The minimum atomic E-state index is 0.227. The summed E-state index contributed by atoms with van der Waals surface area (Å²) >= 11 is 0. The molecule has 1 atom stereocenters. The van der Waals surface area contributed by atoms with E-state index in [0.717, 1.165) is 31.3 Å². The van der Waals surface area contributed by atoms with E-state index in [0.29, 0.717) is 5.82 Å². The van der Waals surface area contributed by atoms with Crippen molar-refractivity contribution in [3.63, 3.8) is 0 Å². The monoisotopic (exact) mass is 251 g/mol. The van der Waals surface area contributed by atoms with Gasteiger partial charge in [0.25, 0.3) is 0 Å². The lowest BCUT2D eigenvalue weighted by Gasteiger charge is -2.32. The second-order valence-corrected chi connectivity index (χ2v) is 4.90. The minimum absolute atomic E-state index is 0.227. The molecule has 1 aromatic heterocycles. The number of nitrogens with one attached hydrogen (secondary N) is 1. The Balaban J connectivity index is 2.28. The lowest BCUT2D eigenvalue weighted by Crippen LogP contribution is -2.41. The van der Waals surface area contributed by atoms with E-state index in [1.54, 1.807) is 0 Å². The van der Waals surface area contributed by atoms with Crippen LogP contribution in [0.1, 0.15) is 32.5 Å². The predicted octanol–water partition coefficient (Wildman–Crippen LogP) is 1.11. The first-order chi connectivity index (χ1) is 8.60. The topological polar surface area (TPSA) is 76.3 Å². The molecule has 0 bridgehead atoms. The van der Waals surface area contributed by atoms with E-state index >= 15 is 0 Å². The van der Waals surface area contributed by atoms with Gasteiger partial charge in [-0.15, -0.1) is 0 Å².